The van der Waals surface area contributed by atoms with Crippen molar-refractivity contribution in [1.29, 1.82) is 0 Å². The second-order valence-corrected chi connectivity index (χ2v) is 4.39. The molecule has 0 fully saturated rings. The third kappa shape index (κ3) is 3.79. The maximum atomic E-state index is 10.8. The minimum Gasteiger partial charge on any atom is -0.504 e. The van der Waals surface area contributed by atoms with Gasteiger partial charge in [-0.3, -0.25) is 0 Å². The van der Waals surface area contributed by atoms with E-state index in [9.17, 15) is 9.90 Å². The van der Waals surface area contributed by atoms with Crippen molar-refractivity contribution >= 4 is 17.4 Å². The topological polar surface area (TPSA) is 96.6 Å². The molecule has 0 atom stereocenters. The summed E-state index contributed by atoms with van der Waals surface area (Å²) in [6.45, 7) is 0.420. The Morgan fingerprint density at radius 1 is 1.24 bits per heavy atom. The molecule has 21 heavy (non-hydrogen) atoms. The third-order valence-corrected chi connectivity index (χ3v) is 2.92. The van der Waals surface area contributed by atoms with Gasteiger partial charge in [0.2, 0.25) is 0 Å². The number of carbonyl (C=O) groups is 1. The Labute approximate surface area is 122 Å². The molecule has 0 heterocycles. The Kier molecular flexibility index (Phi) is 4.50. The number of anilines is 2. The predicted molar refractivity (Wildman–Crippen MR) is 81.6 cm³/mol. The van der Waals surface area contributed by atoms with Crippen LogP contribution in [0.25, 0.3) is 0 Å². The van der Waals surface area contributed by atoms with E-state index in [1.54, 1.807) is 36.4 Å². The van der Waals surface area contributed by atoms with Crippen molar-refractivity contribution in [2.45, 2.75) is 6.54 Å². The summed E-state index contributed by atoms with van der Waals surface area (Å²) in [7, 11) is 1.51. The van der Waals surface area contributed by atoms with Crippen LogP contribution < -0.4 is 21.1 Å². The van der Waals surface area contributed by atoms with E-state index < -0.39 is 6.03 Å². The molecule has 0 saturated heterocycles. The molecule has 0 aliphatic rings. The lowest BCUT2D eigenvalue weighted by molar-refractivity contribution is 0.259. The summed E-state index contributed by atoms with van der Waals surface area (Å²) in [6, 6.07) is 11.8. The normalized spacial score (nSPS) is 9.95. The number of urea groups is 1. The molecule has 0 unspecified atom stereocenters. The van der Waals surface area contributed by atoms with Crippen LogP contribution in [-0.4, -0.2) is 18.2 Å². The van der Waals surface area contributed by atoms with Crippen molar-refractivity contribution < 1.29 is 14.6 Å². The number of methoxy groups -OCH3 is 1. The number of hydrogen-bond donors (Lipinski definition) is 4. The molecule has 0 aliphatic heterocycles. The van der Waals surface area contributed by atoms with Crippen LogP contribution in [0.5, 0.6) is 11.5 Å². The lowest BCUT2D eigenvalue weighted by Gasteiger charge is -2.11. The molecule has 6 nitrogen and oxygen atoms in total. The number of nitrogens with one attached hydrogen (secondary N) is 2. The first-order valence-electron chi connectivity index (χ1n) is 6.35. The second-order valence-electron chi connectivity index (χ2n) is 4.39. The molecule has 2 aromatic rings. The minimum atomic E-state index is -0.613. The molecular weight excluding hydrogens is 270 g/mol. The fraction of sp³-hybridized carbons (Fsp3) is 0.133. The SMILES string of the molecule is COc1cccc(CNc2cccc(NC(N)=O)c2)c1O. The predicted octanol–water partition coefficient (Wildman–Crippen LogP) is 2.50. The quantitative estimate of drug-likeness (QED) is 0.679. The summed E-state index contributed by atoms with van der Waals surface area (Å²) in [4.78, 5) is 10.8. The molecule has 0 aromatic heterocycles. The first-order chi connectivity index (χ1) is 10.1. The number of hydrogen-bond acceptors (Lipinski definition) is 4. The molecule has 2 amide bonds. The Hall–Kier alpha value is -2.89. The maximum Gasteiger partial charge on any atom is 0.316 e. The number of ether oxygens (including phenoxy) is 1. The third-order valence-electron chi connectivity index (χ3n) is 2.92. The molecule has 0 bridgehead atoms. The van der Waals surface area contributed by atoms with Crippen molar-refractivity contribution in [1.82, 2.24) is 0 Å². The number of primary amides is 1. The van der Waals surface area contributed by atoms with Gasteiger partial charge >= 0.3 is 6.03 Å². The molecule has 5 N–H and O–H groups in total. The van der Waals surface area contributed by atoms with Gasteiger partial charge in [-0.1, -0.05) is 18.2 Å². The fourth-order valence-corrected chi connectivity index (χ4v) is 1.92. The van der Waals surface area contributed by atoms with Crippen LogP contribution in [0.2, 0.25) is 0 Å². The summed E-state index contributed by atoms with van der Waals surface area (Å²) in [5.41, 5.74) is 7.18. The van der Waals surface area contributed by atoms with Gasteiger partial charge in [-0.05, 0) is 24.3 Å². The summed E-state index contributed by atoms with van der Waals surface area (Å²) in [5.74, 6) is 0.539. The number of para-hydroxylation sites is 1. The van der Waals surface area contributed by atoms with Crippen molar-refractivity contribution in [3.05, 3.63) is 48.0 Å². The van der Waals surface area contributed by atoms with Gasteiger partial charge in [0.05, 0.1) is 7.11 Å². The van der Waals surface area contributed by atoms with E-state index >= 15 is 0 Å². The number of benzene rings is 2. The van der Waals surface area contributed by atoms with Gasteiger partial charge in [0.1, 0.15) is 0 Å². The number of aromatic hydroxyl groups is 1. The van der Waals surface area contributed by atoms with Crippen molar-refractivity contribution in [2.24, 2.45) is 5.73 Å². The second kappa shape index (κ2) is 6.51. The molecule has 110 valence electrons. The van der Waals surface area contributed by atoms with Crippen molar-refractivity contribution in [3.63, 3.8) is 0 Å². The van der Waals surface area contributed by atoms with Crippen LogP contribution in [0.15, 0.2) is 42.5 Å². The average Bonchev–Trinajstić information content (AvgIpc) is 2.46. The number of phenols is 1. The van der Waals surface area contributed by atoms with Gasteiger partial charge in [0.25, 0.3) is 0 Å². The van der Waals surface area contributed by atoms with Crippen molar-refractivity contribution in [2.75, 3.05) is 17.7 Å². The van der Waals surface area contributed by atoms with E-state index in [0.717, 1.165) is 5.69 Å². The van der Waals surface area contributed by atoms with E-state index in [1.807, 2.05) is 6.07 Å². The lowest BCUT2D eigenvalue weighted by atomic mass is 10.1. The molecule has 2 rings (SSSR count). The number of phenolic OH excluding ortho intramolecular Hbond substituents is 1. The molecule has 0 radical (unpaired) electrons. The van der Waals surface area contributed by atoms with Gasteiger partial charge in [-0.15, -0.1) is 0 Å². The van der Waals surface area contributed by atoms with Crippen LogP contribution in [0.1, 0.15) is 5.56 Å². The molecule has 0 saturated carbocycles. The Bertz CT molecular complexity index is 644. The van der Waals surface area contributed by atoms with Gasteiger partial charge in [0, 0.05) is 23.5 Å². The first kappa shape index (κ1) is 14.5. The molecule has 2 aromatic carbocycles. The molecule has 0 aliphatic carbocycles. The summed E-state index contributed by atoms with van der Waals surface area (Å²) in [6.07, 6.45) is 0. The zero-order valence-corrected chi connectivity index (χ0v) is 11.6. The molecular formula is C15H17N3O3. The van der Waals surface area contributed by atoms with Crippen LogP contribution in [0, 0.1) is 0 Å². The Balaban J connectivity index is 2.08. The fourth-order valence-electron chi connectivity index (χ4n) is 1.92. The van der Waals surface area contributed by atoms with Gasteiger partial charge in [-0.2, -0.15) is 0 Å². The van der Waals surface area contributed by atoms with Crippen LogP contribution in [0.4, 0.5) is 16.2 Å². The number of carbonyl (C=O) groups excluding carboxylic acids is 1. The van der Waals surface area contributed by atoms with E-state index in [1.165, 1.54) is 7.11 Å². The zero-order chi connectivity index (χ0) is 15.2. The Morgan fingerprint density at radius 3 is 2.67 bits per heavy atom. The highest BCUT2D eigenvalue weighted by Gasteiger charge is 2.07. The van der Waals surface area contributed by atoms with E-state index in [4.69, 9.17) is 10.5 Å². The monoisotopic (exact) mass is 287 g/mol. The van der Waals surface area contributed by atoms with Gasteiger partial charge in [-0.25, -0.2) is 4.79 Å². The smallest absolute Gasteiger partial charge is 0.316 e. The highest BCUT2D eigenvalue weighted by molar-refractivity contribution is 5.88. The highest BCUT2D eigenvalue weighted by atomic mass is 16.5. The molecule has 0 spiro atoms. The first-order valence-corrected chi connectivity index (χ1v) is 6.35. The summed E-state index contributed by atoms with van der Waals surface area (Å²) >= 11 is 0. The van der Waals surface area contributed by atoms with E-state index in [2.05, 4.69) is 10.6 Å². The minimum absolute atomic E-state index is 0.110. The Morgan fingerprint density at radius 2 is 1.95 bits per heavy atom. The van der Waals surface area contributed by atoms with E-state index in [-0.39, 0.29) is 5.75 Å². The van der Waals surface area contributed by atoms with Crippen molar-refractivity contribution in [3.8, 4) is 11.5 Å². The summed E-state index contributed by atoms with van der Waals surface area (Å²) < 4.78 is 5.06. The number of rotatable bonds is 5. The standard InChI is InChI=1S/C15H17N3O3/c1-21-13-7-2-4-10(14(13)19)9-17-11-5-3-6-12(8-11)18-15(16)20/h2-8,17,19H,9H2,1H3,(H3,16,18,20). The maximum absolute atomic E-state index is 10.8. The van der Waals surface area contributed by atoms with Gasteiger partial charge in [0.15, 0.2) is 11.5 Å². The van der Waals surface area contributed by atoms with Crippen LogP contribution in [-0.2, 0) is 6.54 Å². The molecule has 6 heteroatoms. The van der Waals surface area contributed by atoms with Crippen LogP contribution >= 0.6 is 0 Å². The lowest BCUT2D eigenvalue weighted by Crippen LogP contribution is -2.19. The number of nitrogens with two attached hydrogens (primary N) is 1. The van der Waals surface area contributed by atoms with Gasteiger partial charge < -0.3 is 26.2 Å². The largest absolute Gasteiger partial charge is 0.504 e. The van der Waals surface area contributed by atoms with Crippen LogP contribution in [0.3, 0.4) is 0 Å². The highest BCUT2D eigenvalue weighted by Crippen LogP contribution is 2.29. The van der Waals surface area contributed by atoms with E-state index in [0.29, 0.717) is 23.5 Å². The average molecular weight is 287 g/mol. The number of amides is 2. The zero-order valence-electron chi connectivity index (χ0n) is 11.6. The summed E-state index contributed by atoms with van der Waals surface area (Å²) in [5, 5.41) is 15.7.